The van der Waals surface area contributed by atoms with E-state index in [9.17, 15) is 0 Å². The fourth-order valence-electron chi connectivity index (χ4n) is 2.56. The lowest BCUT2D eigenvalue weighted by molar-refractivity contribution is 0.232. The van der Waals surface area contributed by atoms with Gasteiger partial charge in [0.2, 0.25) is 0 Å². The Morgan fingerprint density at radius 3 is 2.71 bits per heavy atom. The molecule has 1 fully saturated rings. The highest BCUT2D eigenvalue weighted by molar-refractivity contribution is 5.57. The van der Waals surface area contributed by atoms with Crippen molar-refractivity contribution in [1.82, 2.24) is 14.9 Å². The van der Waals surface area contributed by atoms with Crippen molar-refractivity contribution in [2.45, 2.75) is 26.3 Å². The van der Waals surface area contributed by atoms with Crippen LogP contribution >= 0.6 is 0 Å². The molecule has 1 atom stereocenters. The topological polar surface area (TPSA) is 58.3 Å². The number of rotatable bonds is 4. The van der Waals surface area contributed by atoms with E-state index in [1.54, 1.807) is 12.4 Å². The summed E-state index contributed by atoms with van der Waals surface area (Å²) in [6.07, 6.45) is 4.52. The first-order valence-corrected chi connectivity index (χ1v) is 6.31. The maximum atomic E-state index is 5.86. The van der Waals surface area contributed by atoms with Crippen LogP contribution in [0.1, 0.15) is 20.3 Å². The normalized spacial score (nSPS) is 20.2. The summed E-state index contributed by atoms with van der Waals surface area (Å²) < 4.78 is 0. The molecule has 2 heterocycles. The number of anilines is 2. The van der Waals surface area contributed by atoms with Crippen molar-refractivity contribution in [2.75, 3.05) is 36.8 Å². The SMILES string of the molecule is CCN(CC)C1CCN(c2nccnc2N)C1. The maximum absolute atomic E-state index is 5.86. The zero-order valence-corrected chi connectivity index (χ0v) is 10.6. The summed E-state index contributed by atoms with van der Waals surface area (Å²) in [6.45, 7) is 8.65. The molecule has 1 aliphatic heterocycles. The molecule has 0 aliphatic carbocycles. The van der Waals surface area contributed by atoms with Crippen molar-refractivity contribution in [1.29, 1.82) is 0 Å². The molecule has 1 unspecified atom stereocenters. The second-order valence-electron chi connectivity index (χ2n) is 4.37. The number of likely N-dealkylation sites (N-methyl/N-ethyl adjacent to an activating group) is 1. The third-order valence-corrected chi connectivity index (χ3v) is 3.50. The van der Waals surface area contributed by atoms with Crippen LogP contribution < -0.4 is 10.6 Å². The molecule has 1 aliphatic rings. The van der Waals surface area contributed by atoms with Crippen LogP contribution in [0.25, 0.3) is 0 Å². The molecule has 0 bridgehead atoms. The Balaban J connectivity index is 2.05. The lowest BCUT2D eigenvalue weighted by Gasteiger charge is -2.26. The van der Waals surface area contributed by atoms with Crippen molar-refractivity contribution < 1.29 is 0 Å². The molecule has 0 saturated carbocycles. The lowest BCUT2D eigenvalue weighted by atomic mass is 10.2. The van der Waals surface area contributed by atoms with Crippen molar-refractivity contribution in [3.05, 3.63) is 12.4 Å². The Morgan fingerprint density at radius 2 is 2.06 bits per heavy atom. The van der Waals surface area contributed by atoms with Crippen molar-refractivity contribution in [3.8, 4) is 0 Å². The molecule has 94 valence electrons. The Bertz CT molecular complexity index is 364. The fourth-order valence-corrected chi connectivity index (χ4v) is 2.56. The van der Waals surface area contributed by atoms with E-state index in [0.29, 0.717) is 11.9 Å². The average molecular weight is 235 g/mol. The summed E-state index contributed by atoms with van der Waals surface area (Å²) in [4.78, 5) is 13.2. The second-order valence-corrected chi connectivity index (χ2v) is 4.37. The first-order chi connectivity index (χ1) is 8.26. The largest absolute Gasteiger partial charge is 0.381 e. The van der Waals surface area contributed by atoms with Gasteiger partial charge >= 0.3 is 0 Å². The Labute approximate surface area is 103 Å². The first kappa shape index (κ1) is 12.1. The quantitative estimate of drug-likeness (QED) is 0.843. The van der Waals surface area contributed by atoms with Crippen LogP contribution in [-0.2, 0) is 0 Å². The lowest BCUT2D eigenvalue weighted by Crippen LogP contribution is -2.37. The van der Waals surface area contributed by atoms with Crippen LogP contribution in [0.15, 0.2) is 12.4 Å². The van der Waals surface area contributed by atoms with E-state index in [1.807, 2.05) is 0 Å². The minimum Gasteiger partial charge on any atom is -0.381 e. The Kier molecular flexibility index (Phi) is 3.78. The fraction of sp³-hybridized carbons (Fsp3) is 0.667. The molecular formula is C12H21N5. The summed E-state index contributed by atoms with van der Waals surface area (Å²) in [5, 5.41) is 0. The number of hydrogen-bond acceptors (Lipinski definition) is 5. The molecular weight excluding hydrogens is 214 g/mol. The maximum Gasteiger partial charge on any atom is 0.171 e. The molecule has 5 heteroatoms. The monoisotopic (exact) mass is 235 g/mol. The molecule has 0 radical (unpaired) electrons. The van der Waals surface area contributed by atoms with E-state index in [1.165, 1.54) is 6.42 Å². The molecule has 0 amide bonds. The smallest absolute Gasteiger partial charge is 0.171 e. The molecule has 1 saturated heterocycles. The van der Waals surface area contributed by atoms with Gasteiger partial charge in [0.25, 0.3) is 0 Å². The minimum atomic E-state index is 0.535. The van der Waals surface area contributed by atoms with Gasteiger partial charge in [-0.3, -0.25) is 4.90 Å². The summed E-state index contributed by atoms with van der Waals surface area (Å²) in [5.74, 6) is 1.37. The van der Waals surface area contributed by atoms with Gasteiger partial charge < -0.3 is 10.6 Å². The van der Waals surface area contributed by atoms with Gasteiger partial charge in [0.05, 0.1) is 0 Å². The van der Waals surface area contributed by atoms with E-state index in [0.717, 1.165) is 32.0 Å². The number of aromatic nitrogens is 2. The molecule has 0 spiro atoms. The summed E-state index contributed by atoms with van der Waals surface area (Å²) >= 11 is 0. The number of nitrogens with zero attached hydrogens (tertiary/aromatic N) is 4. The standard InChI is InChI=1S/C12H21N5/c1-3-16(4-2)10-5-8-17(9-10)12-11(13)14-6-7-15-12/h6-7,10H,3-5,8-9H2,1-2H3,(H2,13,14). The van der Waals surface area contributed by atoms with Gasteiger partial charge in [-0.1, -0.05) is 13.8 Å². The Hall–Kier alpha value is -1.36. The highest BCUT2D eigenvalue weighted by atomic mass is 15.3. The van der Waals surface area contributed by atoms with Crippen LogP contribution in [0.3, 0.4) is 0 Å². The molecule has 2 rings (SSSR count). The van der Waals surface area contributed by atoms with Gasteiger partial charge in [0, 0.05) is 31.5 Å². The van der Waals surface area contributed by atoms with Crippen molar-refractivity contribution in [3.63, 3.8) is 0 Å². The van der Waals surface area contributed by atoms with E-state index < -0.39 is 0 Å². The highest BCUT2D eigenvalue weighted by Gasteiger charge is 2.27. The molecule has 0 aromatic carbocycles. The predicted molar refractivity (Wildman–Crippen MR) is 70.0 cm³/mol. The summed E-state index contributed by atoms with van der Waals surface area (Å²) in [6, 6.07) is 0.617. The van der Waals surface area contributed by atoms with E-state index >= 15 is 0 Å². The molecule has 2 N–H and O–H groups in total. The zero-order valence-electron chi connectivity index (χ0n) is 10.6. The third kappa shape index (κ3) is 2.49. The van der Waals surface area contributed by atoms with Crippen LogP contribution in [0.2, 0.25) is 0 Å². The molecule has 1 aromatic rings. The molecule has 1 aromatic heterocycles. The van der Waals surface area contributed by atoms with Crippen molar-refractivity contribution in [2.24, 2.45) is 0 Å². The summed E-state index contributed by atoms with van der Waals surface area (Å²) in [7, 11) is 0. The van der Waals surface area contributed by atoms with Gasteiger partial charge in [-0.25, -0.2) is 9.97 Å². The molecule has 17 heavy (non-hydrogen) atoms. The van der Waals surface area contributed by atoms with E-state index in [4.69, 9.17) is 5.73 Å². The minimum absolute atomic E-state index is 0.535. The van der Waals surface area contributed by atoms with E-state index in [2.05, 4.69) is 33.6 Å². The van der Waals surface area contributed by atoms with Gasteiger partial charge in [-0.05, 0) is 19.5 Å². The summed E-state index contributed by atoms with van der Waals surface area (Å²) in [5.41, 5.74) is 5.86. The average Bonchev–Trinajstić information content (AvgIpc) is 2.81. The first-order valence-electron chi connectivity index (χ1n) is 6.31. The van der Waals surface area contributed by atoms with Crippen LogP contribution in [0, 0.1) is 0 Å². The van der Waals surface area contributed by atoms with Gasteiger partial charge in [-0.15, -0.1) is 0 Å². The van der Waals surface area contributed by atoms with Crippen LogP contribution in [0.5, 0.6) is 0 Å². The third-order valence-electron chi connectivity index (χ3n) is 3.50. The van der Waals surface area contributed by atoms with E-state index in [-0.39, 0.29) is 0 Å². The number of hydrogen-bond donors (Lipinski definition) is 1. The van der Waals surface area contributed by atoms with Crippen LogP contribution in [-0.4, -0.2) is 47.1 Å². The molecule has 5 nitrogen and oxygen atoms in total. The zero-order chi connectivity index (χ0) is 12.3. The van der Waals surface area contributed by atoms with Crippen molar-refractivity contribution >= 4 is 11.6 Å². The van der Waals surface area contributed by atoms with Gasteiger partial charge in [-0.2, -0.15) is 0 Å². The number of nitrogens with two attached hydrogens (primary N) is 1. The highest BCUT2D eigenvalue weighted by Crippen LogP contribution is 2.24. The predicted octanol–water partition coefficient (Wildman–Crippen LogP) is 0.979. The van der Waals surface area contributed by atoms with Gasteiger partial charge in [0.1, 0.15) is 0 Å². The van der Waals surface area contributed by atoms with Crippen LogP contribution in [0.4, 0.5) is 11.6 Å². The second kappa shape index (κ2) is 5.31. The number of nitrogen functional groups attached to an aromatic ring is 1. The Morgan fingerprint density at radius 1 is 1.35 bits per heavy atom. The van der Waals surface area contributed by atoms with Gasteiger partial charge in [0.15, 0.2) is 11.6 Å².